The van der Waals surface area contributed by atoms with Gasteiger partial charge in [-0.3, -0.25) is 0 Å². The van der Waals surface area contributed by atoms with Crippen LogP contribution in [0, 0.1) is 12.8 Å². The van der Waals surface area contributed by atoms with Gasteiger partial charge < -0.3 is 15.0 Å². The van der Waals surface area contributed by atoms with E-state index in [0.717, 1.165) is 32.1 Å². The fraction of sp³-hybridized carbons (Fsp3) is 0.733. The standard InChI is InChI=1S/C15H24N2O/c1-11-9-13-14(16)3-2-4-15(13)17(11)7-8-18-10-12-5-6-12/h9,12,14H,2-8,10,16H2,1H3. The predicted molar refractivity (Wildman–Crippen MR) is 72.6 cm³/mol. The van der Waals surface area contributed by atoms with Gasteiger partial charge in [-0.25, -0.2) is 0 Å². The second-order valence-electron chi connectivity index (χ2n) is 5.86. The number of ether oxygens (including phenoxy) is 1. The zero-order valence-corrected chi connectivity index (χ0v) is 11.3. The summed E-state index contributed by atoms with van der Waals surface area (Å²) in [5, 5.41) is 0. The summed E-state index contributed by atoms with van der Waals surface area (Å²) in [6.07, 6.45) is 6.27. The molecule has 1 unspecified atom stereocenters. The van der Waals surface area contributed by atoms with Crippen molar-refractivity contribution in [3.63, 3.8) is 0 Å². The molecule has 1 atom stereocenters. The summed E-state index contributed by atoms with van der Waals surface area (Å²) < 4.78 is 8.17. The van der Waals surface area contributed by atoms with Crippen molar-refractivity contribution in [3.8, 4) is 0 Å². The van der Waals surface area contributed by atoms with Gasteiger partial charge in [-0.2, -0.15) is 0 Å². The molecule has 1 aromatic rings. The number of hydrogen-bond donors (Lipinski definition) is 1. The van der Waals surface area contributed by atoms with Gasteiger partial charge in [0.25, 0.3) is 0 Å². The lowest BCUT2D eigenvalue weighted by Crippen LogP contribution is -2.19. The Hall–Kier alpha value is -0.800. The van der Waals surface area contributed by atoms with Gasteiger partial charge in [-0.1, -0.05) is 0 Å². The highest BCUT2D eigenvalue weighted by atomic mass is 16.5. The molecule has 18 heavy (non-hydrogen) atoms. The molecule has 1 heterocycles. The molecule has 1 fully saturated rings. The van der Waals surface area contributed by atoms with Crippen molar-refractivity contribution in [1.29, 1.82) is 0 Å². The van der Waals surface area contributed by atoms with Crippen molar-refractivity contribution in [3.05, 3.63) is 23.0 Å². The Balaban J connectivity index is 1.63. The highest BCUT2D eigenvalue weighted by Crippen LogP contribution is 2.31. The first-order chi connectivity index (χ1) is 8.75. The van der Waals surface area contributed by atoms with E-state index in [-0.39, 0.29) is 6.04 Å². The van der Waals surface area contributed by atoms with Gasteiger partial charge in [-0.15, -0.1) is 0 Å². The number of nitrogens with zero attached hydrogens (tertiary/aromatic N) is 1. The lowest BCUT2D eigenvalue weighted by Gasteiger charge is -2.21. The average Bonchev–Trinajstić information content (AvgIpc) is 3.11. The molecular weight excluding hydrogens is 224 g/mol. The van der Waals surface area contributed by atoms with Gasteiger partial charge in [-0.05, 0) is 56.6 Å². The number of aryl methyl sites for hydroxylation is 1. The molecule has 0 aromatic carbocycles. The van der Waals surface area contributed by atoms with Crippen LogP contribution in [0.5, 0.6) is 0 Å². The molecule has 3 nitrogen and oxygen atoms in total. The predicted octanol–water partition coefficient (Wildman–Crippen LogP) is 2.56. The largest absolute Gasteiger partial charge is 0.379 e. The first-order valence-corrected chi connectivity index (χ1v) is 7.28. The minimum atomic E-state index is 0.251. The van der Waals surface area contributed by atoms with Crippen LogP contribution in [0.15, 0.2) is 6.07 Å². The molecule has 0 radical (unpaired) electrons. The smallest absolute Gasteiger partial charge is 0.0645 e. The second-order valence-corrected chi connectivity index (χ2v) is 5.86. The third-order valence-corrected chi connectivity index (χ3v) is 4.29. The van der Waals surface area contributed by atoms with Crippen LogP contribution in [0.3, 0.4) is 0 Å². The molecule has 1 aromatic heterocycles. The van der Waals surface area contributed by atoms with E-state index in [2.05, 4.69) is 17.6 Å². The molecule has 1 saturated carbocycles. The van der Waals surface area contributed by atoms with E-state index < -0.39 is 0 Å². The van der Waals surface area contributed by atoms with Crippen LogP contribution in [0.25, 0.3) is 0 Å². The lowest BCUT2D eigenvalue weighted by molar-refractivity contribution is 0.116. The third-order valence-electron chi connectivity index (χ3n) is 4.29. The summed E-state index contributed by atoms with van der Waals surface area (Å²) in [5.41, 5.74) is 10.4. The van der Waals surface area contributed by atoms with Crippen LogP contribution in [-0.4, -0.2) is 17.8 Å². The van der Waals surface area contributed by atoms with Gasteiger partial charge >= 0.3 is 0 Å². The number of fused-ring (bicyclic) bond motifs is 1. The van der Waals surface area contributed by atoms with Crippen molar-refractivity contribution in [2.45, 2.75) is 51.6 Å². The van der Waals surface area contributed by atoms with Crippen molar-refractivity contribution >= 4 is 0 Å². The van der Waals surface area contributed by atoms with Crippen molar-refractivity contribution < 1.29 is 4.74 Å². The van der Waals surface area contributed by atoms with E-state index in [1.165, 1.54) is 42.6 Å². The number of hydrogen-bond acceptors (Lipinski definition) is 2. The van der Waals surface area contributed by atoms with Crippen LogP contribution in [-0.2, 0) is 17.7 Å². The molecule has 0 bridgehead atoms. The molecule has 100 valence electrons. The van der Waals surface area contributed by atoms with Gasteiger partial charge in [0.2, 0.25) is 0 Å². The molecule has 2 N–H and O–H groups in total. The molecule has 0 aliphatic heterocycles. The lowest BCUT2D eigenvalue weighted by atomic mass is 9.93. The first kappa shape index (κ1) is 12.2. The number of aromatic nitrogens is 1. The van der Waals surface area contributed by atoms with Gasteiger partial charge in [0.1, 0.15) is 0 Å². The SMILES string of the molecule is Cc1cc2c(n1CCOCC1CC1)CCCC2N. The van der Waals surface area contributed by atoms with Crippen LogP contribution >= 0.6 is 0 Å². The Labute approximate surface area is 109 Å². The summed E-state index contributed by atoms with van der Waals surface area (Å²) in [6, 6.07) is 2.53. The van der Waals surface area contributed by atoms with Crippen LogP contribution in [0.4, 0.5) is 0 Å². The Morgan fingerprint density at radius 3 is 3.00 bits per heavy atom. The van der Waals surface area contributed by atoms with Gasteiger partial charge in [0.05, 0.1) is 6.61 Å². The Morgan fingerprint density at radius 1 is 1.39 bits per heavy atom. The molecule has 0 amide bonds. The van der Waals surface area contributed by atoms with Crippen LogP contribution in [0.1, 0.15) is 48.7 Å². The average molecular weight is 248 g/mol. The monoisotopic (exact) mass is 248 g/mol. The highest BCUT2D eigenvalue weighted by Gasteiger charge is 2.23. The maximum atomic E-state index is 6.19. The van der Waals surface area contributed by atoms with Crippen molar-refractivity contribution in [2.75, 3.05) is 13.2 Å². The number of nitrogens with two attached hydrogens (primary N) is 1. The van der Waals surface area contributed by atoms with Crippen molar-refractivity contribution in [2.24, 2.45) is 11.7 Å². The van der Waals surface area contributed by atoms with E-state index >= 15 is 0 Å². The Bertz CT molecular complexity index is 420. The molecule has 0 spiro atoms. The zero-order chi connectivity index (χ0) is 12.5. The minimum Gasteiger partial charge on any atom is -0.379 e. The highest BCUT2D eigenvalue weighted by molar-refractivity contribution is 5.32. The van der Waals surface area contributed by atoms with E-state index in [4.69, 9.17) is 10.5 Å². The van der Waals surface area contributed by atoms with E-state index in [1.54, 1.807) is 0 Å². The van der Waals surface area contributed by atoms with E-state index in [1.807, 2.05) is 0 Å². The first-order valence-electron chi connectivity index (χ1n) is 7.28. The fourth-order valence-corrected chi connectivity index (χ4v) is 3.00. The van der Waals surface area contributed by atoms with E-state index in [9.17, 15) is 0 Å². The summed E-state index contributed by atoms with van der Waals surface area (Å²) in [6.45, 7) is 4.97. The van der Waals surface area contributed by atoms with Crippen LogP contribution < -0.4 is 5.73 Å². The quantitative estimate of drug-likeness (QED) is 0.814. The summed E-state index contributed by atoms with van der Waals surface area (Å²) in [5.74, 6) is 0.859. The van der Waals surface area contributed by atoms with Crippen LogP contribution in [0.2, 0.25) is 0 Å². The third kappa shape index (κ3) is 2.47. The molecule has 2 aliphatic rings. The summed E-state index contributed by atoms with van der Waals surface area (Å²) in [4.78, 5) is 0. The maximum Gasteiger partial charge on any atom is 0.0645 e. The molecule has 3 heteroatoms. The molecule has 3 rings (SSSR count). The van der Waals surface area contributed by atoms with E-state index in [0.29, 0.717) is 0 Å². The van der Waals surface area contributed by atoms with Gasteiger partial charge in [0, 0.05) is 30.6 Å². The number of rotatable bonds is 5. The van der Waals surface area contributed by atoms with Gasteiger partial charge in [0.15, 0.2) is 0 Å². The molecule has 0 saturated heterocycles. The fourth-order valence-electron chi connectivity index (χ4n) is 3.00. The Kier molecular flexibility index (Phi) is 3.44. The Morgan fingerprint density at radius 2 is 2.22 bits per heavy atom. The van der Waals surface area contributed by atoms with Crippen molar-refractivity contribution in [1.82, 2.24) is 4.57 Å². The molecule has 2 aliphatic carbocycles. The molecular formula is C15H24N2O. The second kappa shape index (κ2) is 5.06. The minimum absolute atomic E-state index is 0.251. The normalized spacial score (nSPS) is 23.1. The zero-order valence-electron chi connectivity index (χ0n) is 11.3. The maximum absolute atomic E-state index is 6.19. The summed E-state index contributed by atoms with van der Waals surface area (Å²) in [7, 11) is 0. The summed E-state index contributed by atoms with van der Waals surface area (Å²) >= 11 is 0. The topological polar surface area (TPSA) is 40.2 Å².